The number of methoxy groups -OCH3 is 1. The quantitative estimate of drug-likeness (QED) is 0.491. The lowest BCUT2D eigenvalue weighted by atomic mass is 10.1. The van der Waals surface area contributed by atoms with E-state index in [4.69, 9.17) is 15.1 Å². The van der Waals surface area contributed by atoms with Gasteiger partial charge in [0.2, 0.25) is 0 Å². The molecule has 0 fully saturated rings. The number of carboxylic acid groups (broad SMARTS) is 1. The normalized spacial score (nSPS) is 10.0. The molecule has 7 nitrogen and oxygen atoms in total. The lowest BCUT2D eigenvalue weighted by Crippen LogP contribution is -1.98. The molecule has 1 rings (SSSR count). The fourth-order valence-electron chi connectivity index (χ4n) is 1.33. The third-order valence-corrected chi connectivity index (χ3v) is 2.04. The summed E-state index contributed by atoms with van der Waals surface area (Å²) < 4.78 is 4.82. The number of carboxylic acids is 1. The summed E-state index contributed by atoms with van der Waals surface area (Å²) in [4.78, 5) is 20.6. The van der Waals surface area contributed by atoms with Crippen molar-refractivity contribution in [2.45, 2.75) is 0 Å². The second-order valence-corrected chi connectivity index (χ2v) is 3.16. The molecular formula is C11H8N2O5. The maximum atomic E-state index is 10.9. The van der Waals surface area contributed by atoms with Gasteiger partial charge in [-0.1, -0.05) is 0 Å². The molecule has 0 unspecified atom stereocenters. The first kappa shape index (κ1) is 13.2. The molecule has 92 valence electrons. The first-order valence-electron chi connectivity index (χ1n) is 4.67. The van der Waals surface area contributed by atoms with E-state index >= 15 is 0 Å². The Hall–Kier alpha value is -2.88. The Morgan fingerprint density at radius 1 is 1.61 bits per heavy atom. The zero-order valence-electron chi connectivity index (χ0n) is 9.28. The van der Waals surface area contributed by atoms with Crippen LogP contribution in [0.4, 0.5) is 5.69 Å². The highest BCUT2D eigenvalue weighted by molar-refractivity contribution is 5.87. The molecule has 0 saturated carbocycles. The maximum absolute atomic E-state index is 10.9. The number of hydrogen-bond acceptors (Lipinski definition) is 5. The fraction of sp³-hybridized carbons (Fsp3) is 0.0909. The van der Waals surface area contributed by atoms with Crippen LogP contribution in [0.5, 0.6) is 5.75 Å². The smallest absolute Gasteiger partial charge is 0.328 e. The van der Waals surface area contributed by atoms with Crippen LogP contribution in [0.2, 0.25) is 0 Å². The Morgan fingerprint density at radius 2 is 2.28 bits per heavy atom. The lowest BCUT2D eigenvalue weighted by Gasteiger charge is -2.04. The van der Waals surface area contributed by atoms with Crippen LogP contribution in [0.3, 0.4) is 0 Å². The Balaban J connectivity index is 3.50. The number of ether oxygens (including phenoxy) is 1. The van der Waals surface area contributed by atoms with E-state index in [-0.39, 0.29) is 22.6 Å². The number of carbonyl (C=O) groups is 1. The van der Waals surface area contributed by atoms with Crippen molar-refractivity contribution in [3.63, 3.8) is 0 Å². The van der Waals surface area contributed by atoms with E-state index in [0.29, 0.717) is 0 Å². The summed E-state index contributed by atoms with van der Waals surface area (Å²) in [6.45, 7) is 0. The Bertz CT molecular complexity index is 572. The molecule has 0 amide bonds. The van der Waals surface area contributed by atoms with Crippen LogP contribution < -0.4 is 4.74 Å². The number of aliphatic carboxylic acids is 1. The standard InChI is InChI=1S/C11H8N2O5/c1-18-9-5-7(6-12)4-8(2-3-10(14)15)11(9)13(16)17/h2-5H,1H3,(H,14,15)/b3-2+. The number of nitro benzene ring substituents is 1. The molecule has 1 aromatic carbocycles. The number of rotatable bonds is 4. The molecule has 0 bridgehead atoms. The summed E-state index contributed by atoms with van der Waals surface area (Å²) >= 11 is 0. The van der Waals surface area contributed by atoms with Gasteiger partial charge in [0.25, 0.3) is 0 Å². The van der Waals surface area contributed by atoms with E-state index in [1.54, 1.807) is 0 Å². The van der Waals surface area contributed by atoms with Crippen molar-refractivity contribution in [3.8, 4) is 11.8 Å². The fourth-order valence-corrected chi connectivity index (χ4v) is 1.33. The molecule has 0 atom stereocenters. The number of benzene rings is 1. The third kappa shape index (κ3) is 2.82. The first-order chi connectivity index (χ1) is 8.49. The van der Waals surface area contributed by atoms with Gasteiger partial charge in [0.1, 0.15) is 0 Å². The SMILES string of the molecule is COc1cc(C#N)cc(/C=C/C(=O)O)c1[N+](=O)[O-]. The van der Waals surface area contributed by atoms with E-state index in [2.05, 4.69) is 0 Å². The van der Waals surface area contributed by atoms with Crippen molar-refractivity contribution >= 4 is 17.7 Å². The molecule has 1 N–H and O–H groups in total. The van der Waals surface area contributed by atoms with Crippen molar-refractivity contribution in [2.24, 2.45) is 0 Å². The summed E-state index contributed by atoms with van der Waals surface area (Å²) in [5.41, 5.74) is -0.241. The summed E-state index contributed by atoms with van der Waals surface area (Å²) in [6.07, 6.45) is 1.80. The largest absolute Gasteiger partial charge is 0.490 e. The van der Waals surface area contributed by atoms with Crippen LogP contribution in [0.25, 0.3) is 6.08 Å². The number of nitro groups is 1. The first-order valence-corrected chi connectivity index (χ1v) is 4.67. The predicted octanol–water partition coefficient (Wildman–Crippen LogP) is 1.57. The minimum Gasteiger partial charge on any atom is -0.490 e. The zero-order chi connectivity index (χ0) is 13.7. The van der Waals surface area contributed by atoms with Gasteiger partial charge in [-0.05, 0) is 12.1 Å². The van der Waals surface area contributed by atoms with Gasteiger partial charge in [-0.25, -0.2) is 4.79 Å². The lowest BCUT2D eigenvalue weighted by molar-refractivity contribution is -0.386. The minimum absolute atomic E-state index is 0.00157. The van der Waals surface area contributed by atoms with Crippen LogP contribution in [0.15, 0.2) is 18.2 Å². The molecule has 0 aliphatic heterocycles. The van der Waals surface area contributed by atoms with E-state index in [9.17, 15) is 14.9 Å². The van der Waals surface area contributed by atoms with Gasteiger partial charge in [0.05, 0.1) is 29.2 Å². The van der Waals surface area contributed by atoms with Gasteiger partial charge in [-0.15, -0.1) is 0 Å². The summed E-state index contributed by atoms with van der Waals surface area (Å²) in [5.74, 6) is -1.34. The van der Waals surface area contributed by atoms with Crippen LogP contribution in [-0.2, 0) is 4.79 Å². The average molecular weight is 248 g/mol. The minimum atomic E-state index is -1.24. The Kier molecular flexibility index (Phi) is 3.99. The van der Waals surface area contributed by atoms with Crippen molar-refractivity contribution in [2.75, 3.05) is 7.11 Å². The molecular weight excluding hydrogens is 240 g/mol. The maximum Gasteiger partial charge on any atom is 0.328 e. The second-order valence-electron chi connectivity index (χ2n) is 3.16. The summed E-state index contributed by atoms with van der Waals surface area (Å²) in [5, 5.41) is 28.2. The monoisotopic (exact) mass is 248 g/mol. The van der Waals surface area contributed by atoms with Crippen molar-refractivity contribution < 1.29 is 19.6 Å². The predicted molar refractivity (Wildman–Crippen MR) is 61.0 cm³/mol. The molecule has 7 heteroatoms. The Morgan fingerprint density at radius 3 is 2.72 bits per heavy atom. The van der Waals surface area contributed by atoms with Crippen molar-refractivity contribution in [1.29, 1.82) is 5.26 Å². The topological polar surface area (TPSA) is 113 Å². The number of hydrogen-bond donors (Lipinski definition) is 1. The number of nitrogens with zero attached hydrogens (tertiary/aromatic N) is 2. The molecule has 0 saturated heterocycles. The van der Waals surface area contributed by atoms with Gasteiger partial charge in [-0.3, -0.25) is 10.1 Å². The molecule has 0 heterocycles. The Labute approximate surface area is 102 Å². The molecule has 0 aliphatic rings. The zero-order valence-corrected chi connectivity index (χ0v) is 9.28. The van der Waals surface area contributed by atoms with Gasteiger partial charge < -0.3 is 9.84 Å². The number of nitriles is 1. The van der Waals surface area contributed by atoms with Crippen LogP contribution in [0, 0.1) is 21.4 Å². The molecule has 0 radical (unpaired) electrons. The summed E-state index contributed by atoms with van der Waals surface area (Å²) in [6, 6.07) is 4.25. The average Bonchev–Trinajstić information content (AvgIpc) is 2.34. The molecule has 1 aromatic rings. The van der Waals surface area contributed by atoms with Crippen molar-refractivity contribution in [1.82, 2.24) is 0 Å². The highest BCUT2D eigenvalue weighted by atomic mass is 16.6. The van der Waals surface area contributed by atoms with E-state index in [0.717, 1.165) is 12.2 Å². The van der Waals surface area contributed by atoms with Gasteiger partial charge in [0.15, 0.2) is 5.75 Å². The van der Waals surface area contributed by atoms with E-state index in [1.165, 1.54) is 19.2 Å². The van der Waals surface area contributed by atoms with Gasteiger partial charge in [0, 0.05) is 12.1 Å². The highest BCUT2D eigenvalue weighted by Gasteiger charge is 2.20. The summed E-state index contributed by atoms with van der Waals surface area (Å²) in [7, 11) is 1.23. The van der Waals surface area contributed by atoms with Crippen molar-refractivity contribution in [3.05, 3.63) is 39.4 Å². The van der Waals surface area contributed by atoms with Gasteiger partial charge in [-0.2, -0.15) is 5.26 Å². The second kappa shape index (κ2) is 5.45. The molecule has 0 aromatic heterocycles. The van der Waals surface area contributed by atoms with E-state index < -0.39 is 10.9 Å². The molecule has 18 heavy (non-hydrogen) atoms. The van der Waals surface area contributed by atoms with Crippen LogP contribution in [0.1, 0.15) is 11.1 Å². The van der Waals surface area contributed by atoms with Gasteiger partial charge >= 0.3 is 11.7 Å². The van der Waals surface area contributed by atoms with E-state index in [1.807, 2.05) is 6.07 Å². The highest BCUT2D eigenvalue weighted by Crippen LogP contribution is 2.33. The third-order valence-electron chi connectivity index (χ3n) is 2.04. The van der Waals surface area contributed by atoms with Crippen LogP contribution in [-0.4, -0.2) is 23.1 Å². The van der Waals surface area contributed by atoms with Crippen LogP contribution >= 0.6 is 0 Å². The molecule has 0 spiro atoms. The molecule has 0 aliphatic carbocycles.